The third-order valence-electron chi connectivity index (χ3n) is 2.95. The van der Waals surface area contributed by atoms with Crippen LogP contribution in [0.15, 0.2) is 45.3 Å². The van der Waals surface area contributed by atoms with Crippen LogP contribution in [0.1, 0.15) is 22.7 Å². The molecule has 0 bridgehead atoms. The zero-order valence-corrected chi connectivity index (χ0v) is 13.6. The lowest BCUT2D eigenvalue weighted by Gasteiger charge is -2.16. The molecule has 0 aromatic heterocycles. The topological polar surface area (TPSA) is 26.0 Å². The first-order valence-electron chi connectivity index (χ1n) is 5.77. The van der Waals surface area contributed by atoms with E-state index in [-0.39, 0.29) is 5.56 Å². The molecule has 0 aliphatic carbocycles. The van der Waals surface area contributed by atoms with Gasteiger partial charge in [-0.1, -0.05) is 37.9 Å². The Morgan fingerprint density at radius 3 is 2.24 bits per heavy atom. The monoisotopic (exact) mass is 425 g/mol. The fourth-order valence-electron chi connectivity index (χ4n) is 1.89. The highest BCUT2D eigenvalue weighted by Gasteiger charge is 2.34. The molecule has 0 aliphatic heterocycles. The first kappa shape index (κ1) is 16.5. The number of nitrogens with two attached hydrogens (primary N) is 1. The first-order valence-corrected chi connectivity index (χ1v) is 7.36. The van der Waals surface area contributed by atoms with Crippen LogP contribution in [0.25, 0.3) is 0 Å². The fourth-order valence-corrected chi connectivity index (χ4v) is 2.76. The zero-order chi connectivity index (χ0) is 15.8. The van der Waals surface area contributed by atoms with E-state index in [2.05, 4.69) is 31.9 Å². The lowest BCUT2D eigenvalue weighted by atomic mass is 9.98. The van der Waals surface area contributed by atoms with E-state index in [4.69, 9.17) is 5.73 Å². The molecule has 21 heavy (non-hydrogen) atoms. The van der Waals surface area contributed by atoms with Gasteiger partial charge in [-0.3, -0.25) is 0 Å². The second kappa shape index (κ2) is 6.06. The van der Waals surface area contributed by atoms with Gasteiger partial charge < -0.3 is 5.73 Å². The van der Waals surface area contributed by atoms with Crippen molar-refractivity contribution in [3.63, 3.8) is 0 Å². The van der Waals surface area contributed by atoms with E-state index >= 15 is 0 Å². The summed E-state index contributed by atoms with van der Waals surface area (Å²) in [4.78, 5) is 0. The normalized spacial score (nSPS) is 13.3. The number of hydrogen-bond donors (Lipinski definition) is 1. The summed E-state index contributed by atoms with van der Waals surface area (Å²) in [5, 5.41) is 0. The van der Waals surface area contributed by atoms with E-state index in [1.807, 2.05) is 0 Å². The van der Waals surface area contributed by atoms with Crippen LogP contribution in [0.4, 0.5) is 17.6 Å². The Bertz CT molecular complexity index is 671. The van der Waals surface area contributed by atoms with Gasteiger partial charge in [-0.15, -0.1) is 0 Å². The van der Waals surface area contributed by atoms with E-state index in [0.717, 1.165) is 10.5 Å². The largest absolute Gasteiger partial charge is 0.419 e. The molecule has 1 atom stereocenters. The predicted octanol–water partition coefficient (Wildman–Crippen LogP) is 5.42. The molecule has 0 radical (unpaired) electrons. The van der Waals surface area contributed by atoms with Gasteiger partial charge in [-0.25, -0.2) is 4.39 Å². The van der Waals surface area contributed by atoms with Crippen molar-refractivity contribution in [1.82, 2.24) is 0 Å². The maximum atomic E-state index is 13.6. The summed E-state index contributed by atoms with van der Waals surface area (Å²) < 4.78 is 52.7. The Labute approximate surface area is 135 Å². The maximum Gasteiger partial charge on any atom is 0.419 e. The molecule has 7 heteroatoms. The zero-order valence-electron chi connectivity index (χ0n) is 10.4. The van der Waals surface area contributed by atoms with Crippen molar-refractivity contribution in [2.24, 2.45) is 5.73 Å². The number of alkyl halides is 3. The molecule has 0 amide bonds. The van der Waals surface area contributed by atoms with E-state index < -0.39 is 23.6 Å². The molecule has 0 fully saturated rings. The highest BCUT2D eigenvalue weighted by molar-refractivity contribution is 9.11. The first-order chi connectivity index (χ1) is 9.70. The average Bonchev–Trinajstić information content (AvgIpc) is 2.39. The Morgan fingerprint density at radius 2 is 1.67 bits per heavy atom. The standard InChI is InChI=1S/C14H9Br2F4N/c15-8-2-4-11(16)9(6-8)13(21)7-1-3-10(12(17)5-7)14(18,19)20/h1-6,13H,21H2. The van der Waals surface area contributed by atoms with Crippen molar-refractivity contribution in [3.05, 3.63) is 67.9 Å². The number of hydrogen-bond acceptors (Lipinski definition) is 1. The van der Waals surface area contributed by atoms with Crippen LogP contribution >= 0.6 is 31.9 Å². The van der Waals surface area contributed by atoms with Gasteiger partial charge in [0.15, 0.2) is 0 Å². The Balaban J connectivity index is 2.43. The molecule has 0 heterocycles. The summed E-state index contributed by atoms with van der Waals surface area (Å²) in [6, 6.07) is 7.23. The Hall–Kier alpha value is -0.920. The van der Waals surface area contributed by atoms with Gasteiger partial charge in [0.2, 0.25) is 0 Å². The van der Waals surface area contributed by atoms with Crippen LogP contribution in [0, 0.1) is 5.82 Å². The fraction of sp³-hybridized carbons (Fsp3) is 0.143. The molecule has 0 aliphatic rings. The van der Waals surface area contributed by atoms with Crippen LogP contribution in [0.2, 0.25) is 0 Å². The van der Waals surface area contributed by atoms with Gasteiger partial charge in [0.25, 0.3) is 0 Å². The van der Waals surface area contributed by atoms with Crippen LogP contribution in [-0.2, 0) is 6.18 Å². The second-order valence-corrected chi connectivity index (χ2v) is 6.15. The molecule has 1 unspecified atom stereocenters. The number of benzene rings is 2. The minimum atomic E-state index is -4.72. The third-order valence-corrected chi connectivity index (χ3v) is 4.17. The van der Waals surface area contributed by atoms with E-state index in [0.29, 0.717) is 16.1 Å². The third kappa shape index (κ3) is 3.64. The Kier molecular flexibility index (Phi) is 4.75. The summed E-state index contributed by atoms with van der Waals surface area (Å²) in [7, 11) is 0. The highest BCUT2D eigenvalue weighted by atomic mass is 79.9. The molecule has 0 saturated carbocycles. The molecular weight excluding hydrogens is 418 g/mol. The van der Waals surface area contributed by atoms with Crippen LogP contribution in [-0.4, -0.2) is 0 Å². The van der Waals surface area contributed by atoms with Crippen molar-refractivity contribution in [2.75, 3.05) is 0 Å². The molecule has 2 rings (SSSR count). The van der Waals surface area contributed by atoms with Gasteiger partial charge in [0.05, 0.1) is 11.6 Å². The molecule has 112 valence electrons. The molecular formula is C14H9Br2F4N. The average molecular weight is 427 g/mol. The molecule has 0 saturated heterocycles. The van der Waals surface area contributed by atoms with Gasteiger partial charge in [0.1, 0.15) is 5.82 Å². The summed E-state index contributed by atoms with van der Waals surface area (Å²) in [6.45, 7) is 0. The van der Waals surface area contributed by atoms with Gasteiger partial charge in [0, 0.05) is 8.95 Å². The lowest BCUT2D eigenvalue weighted by Crippen LogP contribution is -2.15. The van der Waals surface area contributed by atoms with Crippen molar-refractivity contribution < 1.29 is 17.6 Å². The van der Waals surface area contributed by atoms with Crippen LogP contribution in [0.3, 0.4) is 0 Å². The second-order valence-electron chi connectivity index (χ2n) is 4.38. The van der Waals surface area contributed by atoms with E-state index in [9.17, 15) is 17.6 Å². The highest BCUT2D eigenvalue weighted by Crippen LogP contribution is 2.34. The predicted molar refractivity (Wildman–Crippen MR) is 79.3 cm³/mol. The minimum Gasteiger partial charge on any atom is -0.320 e. The molecule has 1 nitrogen and oxygen atoms in total. The van der Waals surface area contributed by atoms with Gasteiger partial charge in [-0.05, 0) is 41.5 Å². The van der Waals surface area contributed by atoms with Crippen molar-refractivity contribution >= 4 is 31.9 Å². The molecule has 0 spiro atoms. The van der Waals surface area contributed by atoms with Gasteiger partial charge in [-0.2, -0.15) is 13.2 Å². The summed E-state index contributed by atoms with van der Waals surface area (Å²) in [6.07, 6.45) is -4.72. The summed E-state index contributed by atoms with van der Waals surface area (Å²) in [5.74, 6) is -1.33. The van der Waals surface area contributed by atoms with Crippen molar-refractivity contribution in [2.45, 2.75) is 12.2 Å². The quantitative estimate of drug-likeness (QED) is 0.637. The van der Waals surface area contributed by atoms with E-state index in [1.54, 1.807) is 18.2 Å². The maximum absolute atomic E-state index is 13.6. The molecule has 2 N–H and O–H groups in total. The smallest absolute Gasteiger partial charge is 0.320 e. The molecule has 2 aromatic rings. The minimum absolute atomic E-state index is 0.263. The molecule has 2 aromatic carbocycles. The van der Waals surface area contributed by atoms with Crippen molar-refractivity contribution in [1.29, 1.82) is 0 Å². The number of halogens is 6. The van der Waals surface area contributed by atoms with Crippen molar-refractivity contribution in [3.8, 4) is 0 Å². The number of rotatable bonds is 2. The van der Waals surface area contributed by atoms with Gasteiger partial charge >= 0.3 is 6.18 Å². The van der Waals surface area contributed by atoms with Crippen LogP contribution in [0.5, 0.6) is 0 Å². The SMILES string of the molecule is NC(c1ccc(C(F)(F)F)c(F)c1)c1cc(Br)ccc1Br. The van der Waals surface area contributed by atoms with E-state index in [1.165, 1.54) is 6.07 Å². The Morgan fingerprint density at radius 1 is 1.00 bits per heavy atom. The summed E-state index contributed by atoms with van der Waals surface area (Å²) >= 11 is 6.61. The summed E-state index contributed by atoms with van der Waals surface area (Å²) in [5.41, 5.74) is 5.62. The lowest BCUT2D eigenvalue weighted by molar-refractivity contribution is -0.140. The van der Waals surface area contributed by atoms with Crippen LogP contribution < -0.4 is 5.73 Å².